The molecule has 1 aromatic heterocycles. The van der Waals surface area contributed by atoms with E-state index < -0.39 is 0 Å². The SMILES string of the molecule is CCCCNc1nc(N)nc(C)c1CCCN1CCN(c2ccccc2)CC1. The van der Waals surface area contributed by atoms with E-state index in [-0.39, 0.29) is 0 Å². The van der Waals surface area contributed by atoms with Gasteiger partial charge in [0.15, 0.2) is 0 Å². The third-order valence-electron chi connectivity index (χ3n) is 5.45. The number of nitrogens with two attached hydrogens (primary N) is 1. The molecule has 0 bridgehead atoms. The maximum atomic E-state index is 5.86. The summed E-state index contributed by atoms with van der Waals surface area (Å²) < 4.78 is 0. The Morgan fingerprint density at radius 3 is 2.50 bits per heavy atom. The maximum Gasteiger partial charge on any atom is 0.222 e. The first-order valence-corrected chi connectivity index (χ1v) is 10.6. The molecule has 1 fully saturated rings. The van der Waals surface area contributed by atoms with Crippen LogP contribution in [-0.2, 0) is 6.42 Å². The van der Waals surface area contributed by atoms with Crippen LogP contribution in [0.4, 0.5) is 17.5 Å². The summed E-state index contributed by atoms with van der Waals surface area (Å²) in [6.07, 6.45) is 4.40. The number of aryl methyl sites for hydroxylation is 1. The molecule has 6 nitrogen and oxygen atoms in total. The molecule has 0 amide bonds. The zero-order chi connectivity index (χ0) is 19.8. The topological polar surface area (TPSA) is 70.3 Å². The number of para-hydroxylation sites is 1. The Hall–Kier alpha value is -2.34. The average Bonchev–Trinajstić information content (AvgIpc) is 2.71. The standard InChI is InChI=1S/C22H34N6/c1-3-4-12-24-21-20(18(2)25-22(23)26-21)11-8-13-27-14-16-28(17-15-27)19-9-6-5-7-10-19/h5-7,9-10H,3-4,8,11-17H2,1-2H3,(H3,23,24,25,26). The quantitative estimate of drug-likeness (QED) is 0.648. The monoisotopic (exact) mass is 382 g/mol. The van der Waals surface area contributed by atoms with E-state index >= 15 is 0 Å². The predicted molar refractivity (Wildman–Crippen MR) is 118 cm³/mol. The van der Waals surface area contributed by atoms with Crippen molar-refractivity contribution in [1.29, 1.82) is 0 Å². The van der Waals surface area contributed by atoms with Crippen LogP contribution < -0.4 is 16.0 Å². The Morgan fingerprint density at radius 2 is 1.79 bits per heavy atom. The lowest BCUT2D eigenvalue weighted by Gasteiger charge is -2.36. The minimum atomic E-state index is 0.359. The Morgan fingerprint density at radius 1 is 1.04 bits per heavy atom. The second-order valence-corrected chi connectivity index (χ2v) is 7.54. The van der Waals surface area contributed by atoms with E-state index in [0.717, 1.165) is 76.5 Å². The molecule has 0 radical (unpaired) electrons. The fourth-order valence-corrected chi connectivity index (χ4v) is 3.79. The molecule has 0 aliphatic carbocycles. The normalized spacial score (nSPS) is 15.0. The van der Waals surface area contributed by atoms with Gasteiger partial charge in [0.1, 0.15) is 5.82 Å². The second-order valence-electron chi connectivity index (χ2n) is 7.54. The average molecular weight is 383 g/mol. The van der Waals surface area contributed by atoms with E-state index in [4.69, 9.17) is 5.73 Å². The highest BCUT2D eigenvalue weighted by atomic mass is 15.3. The summed E-state index contributed by atoms with van der Waals surface area (Å²) in [4.78, 5) is 13.9. The number of unbranched alkanes of at least 4 members (excludes halogenated alkanes) is 1. The second kappa shape index (κ2) is 10.3. The van der Waals surface area contributed by atoms with E-state index in [1.807, 2.05) is 6.92 Å². The number of nitrogen functional groups attached to an aromatic ring is 1. The molecule has 1 saturated heterocycles. The molecule has 0 atom stereocenters. The van der Waals surface area contributed by atoms with Gasteiger partial charge in [-0.3, -0.25) is 4.90 Å². The summed E-state index contributed by atoms with van der Waals surface area (Å²) >= 11 is 0. The van der Waals surface area contributed by atoms with Gasteiger partial charge in [0.05, 0.1) is 0 Å². The molecule has 1 aliphatic heterocycles. The van der Waals surface area contributed by atoms with E-state index in [0.29, 0.717) is 5.95 Å². The lowest BCUT2D eigenvalue weighted by molar-refractivity contribution is 0.255. The molecule has 0 spiro atoms. The van der Waals surface area contributed by atoms with E-state index in [2.05, 4.69) is 62.3 Å². The summed E-state index contributed by atoms with van der Waals surface area (Å²) in [6, 6.07) is 10.7. The van der Waals surface area contributed by atoms with E-state index in [1.165, 1.54) is 11.3 Å². The van der Waals surface area contributed by atoms with E-state index in [1.54, 1.807) is 0 Å². The van der Waals surface area contributed by atoms with Crippen LogP contribution in [0.15, 0.2) is 30.3 Å². The number of piperazine rings is 1. The molecule has 0 saturated carbocycles. The summed E-state index contributed by atoms with van der Waals surface area (Å²) in [6.45, 7) is 10.7. The molecule has 2 aromatic rings. The smallest absolute Gasteiger partial charge is 0.222 e. The van der Waals surface area contributed by atoms with Gasteiger partial charge in [-0.15, -0.1) is 0 Å². The molecule has 1 aromatic carbocycles. The molecular formula is C22H34N6. The Balaban J connectivity index is 1.49. The summed E-state index contributed by atoms with van der Waals surface area (Å²) in [7, 11) is 0. The number of hydrogen-bond acceptors (Lipinski definition) is 6. The van der Waals surface area contributed by atoms with Crippen molar-refractivity contribution in [2.75, 3.05) is 55.2 Å². The van der Waals surface area contributed by atoms with Gasteiger partial charge in [-0.1, -0.05) is 31.5 Å². The number of benzene rings is 1. The molecule has 152 valence electrons. The highest BCUT2D eigenvalue weighted by Gasteiger charge is 2.17. The minimum absolute atomic E-state index is 0.359. The number of nitrogens with zero attached hydrogens (tertiary/aromatic N) is 4. The fraction of sp³-hybridized carbons (Fsp3) is 0.545. The van der Waals surface area contributed by atoms with Crippen LogP contribution in [0.5, 0.6) is 0 Å². The van der Waals surface area contributed by atoms with Crippen molar-refractivity contribution in [3.8, 4) is 0 Å². The number of hydrogen-bond donors (Lipinski definition) is 2. The first-order valence-electron chi connectivity index (χ1n) is 10.6. The van der Waals surface area contributed by atoms with Crippen LogP contribution in [0.2, 0.25) is 0 Å². The third-order valence-corrected chi connectivity index (χ3v) is 5.45. The number of anilines is 3. The molecular weight excluding hydrogens is 348 g/mol. The summed E-state index contributed by atoms with van der Waals surface area (Å²) in [5.41, 5.74) is 9.41. The van der Waals surface area contributed by atoms with Gasteiger partial charge in [0.2, 0.25) is 5.95 Å². The first kappa shape index (κ1) is 20.4. The molecule has 2 heterocycles. The summed E-state index contributed by atoms with van der Waals surface area (Å²) in [5.74, 6) is 1.28. The lowest BCUT2D eigenvalue weighted by Crippen LogP contribution is -2.46. The van der Waals surface area contributed by atoms with Gasteiger partial charge in [-0.2, -0.15) is 4.98 Å². The molecule has 0 unspecified atom stereocenters. The van der Waals surface area contributed by atoms with Crippen molar-refractivity contribution < 1.29 is 0 Å². The van der Waals surface area contributed by atoms with Crippen LogP contribution >= 0.6 is 0 Å². The number of rotatable bonds is 9. The van der Waals surface area contributed by atoms with Crippen molar-refractivity contribution in [3.05, 3.63) is 41.6 Å². The largest absolute Gasteiger partial charge is 0.370 e. The zero-order valence-corrected chi connectivity index (χ0v) is 17.3. The first-order chi connectivity index (χ1) is 13.7. The molecule has 1 aliphatic rings. The molecule has 3 rings (SSSR count). The Labute approximate surface area is 169 Å². The van der Waals surface area contributed by atoms with Crippen LogP contribution in [0.25, 0.3) is 0 Å². The minimum Gasteiger partial charge on any atom is -0.370 e. The van der Waals surface area contributed by atoms with Gasteiger partial charge >= 0.3 is 0 Å². The fourth-order valence-electron chi connectivity index (χ4n) is 3.79. The van der Waals surface area contributed by atoms with Gasteiger partial charge in [0, 0.05) is 49.7 Å². The maximum absolute atomic E-state index is 5.86. The zero-order valence-electron chi connectivity index (χ0n) is 17.3. The van der Waals surface area contributed by atoms with Crippen LogP contribution in [0.3, 0.4) is 0 Å². The Kier molecular flexibility index (Phi) is 7.48. The van der Waals surface area contributed by atoms with Gasteiger partial charge in [-0.05, 0) is 44.9 Å². The summed E-state index contributed by atoms with van der Waals surface area (Å²) in [5, 5.41) is 3.46. The lowest BCUT2D eigenvalue weighted by atomic mass is 10.1. The van der Waals surface area contributed by atoms with E-state index in [9.17, 15) is 0 Å². The molecule has 3 N–H and O–H groups in total. The Bertz CT molecular complexity index is 725. The predicted octanol–water partition coefficient (Wildman–Crippen LogP) is 3.33. The number of nitrogens with one attached hydrogen (secondary N) is 1. The third kappa shape index (κ3) is 5.58. The van der Waals surface area contributed by atoms with Crippen molar-refractivity contribution >= 4 is 17.5 Å². The van der Waals surface area contributed by atoms with Crippen LogP contribution in [-0.4, -0.2) is 54.1 Å². The van der Waals surface area contributed by atoms with Gasteiger partial charge in [-0.25, -0.2) is 4.98 Å². The van der Waals surface area contributed by atoms with Gasteiger partial charge < -0.3 is 16.0 Å². The number of aromatic nitrogens is 2. The van der Waals surface area contributed by atoms with Crippen molar-refractivity contribution in [2.24, 2.45) is 0 Å². The van der Waals surface area contributed by atoms with Gasteiger partial charge in [0.25, 0.3) is 0 Å². The van der Waals surface area contributed by atoms with Crippen LogP contribution in [0.1, 0.15) is 37.4 Å². The van der Waals surface area contributed by atoms with Crippen LogP contribution in [0, 0.1) is 6.92 Å². The van der Waals surface area contributed by atoms with Crippen molar-refractivity contribution in [1.82, 2.24) is 14.9 Å². The highest BCUT2D eigenvalue weighted by molar-refractivity contribution is 5.49. The molecule has 28 heavy (non-hydrogen) atoms. The molecule has 6 heteroatoms. The van der Waals surface area contributed by atoms with Crippen molar-refractivity contribution in [2.45, 2.75) is 39.5 Å². The highest BCUT2D eigenvalue weighted by Crippen LogP contribution is 2.20. The van der Waals surface area contributed by atoms with Crippen molar-refractivity contribution in [3.63, 3.8) is 0 Å².